The van der Waals surface area contributed by atoms with E-state index in [0.717, 1.165) is 17.3 Å². The Morgan fingerprint density at radius 3 is 1.53 bits per heavy atom. The number of aromatic nitrogens is 6. The van der Waals surface area contributed by atoms with Crippen LogP contribution in [0.4, 0.5) is 67.0 Å². The van der Waals surface area contributed by atoms with E-state index in [1.165, 1.54) is 68.6 Å². The summed E-state index contributed by atoms with van der Waals surface area (Å²) in [6, 6.07) is 12.7. The number of hydrogen-bond acceptors (Lipinski definition) is 22. The van der Waals surface area contributed by atoms with Crippen molar-refractivity contribution in [3.8, 4) is 46.0 Å². The van der Waals surface area contributed by atoms with E-state index in [0.29, 0.717) is 51.6 Å². The number of rotatable bonds is 17. The zero-order valence-corrected chi connectivity index (χ0v) is 42.0. The molecule has 392 valence electrons. The summed E-state index contributed by atoms with van der Waals surface area (Å²) in [5.74, 6) is 0.551. The van der Waals surface area contributed by atoms with Crippen LogP contribution in [-0.2, 0) is 18.7 Å². The average Bonchev–Trinajstić information content (AvgIpc) is 3.35. The number of benzene rings is 2. The number of ether oxygens (including phenoxy) is 8. The molecule has 0 saturated heterocycles. The molecule has 0 bridgehead atoms. The highest BCUT2D eigenvalue weighted by Crippen LogP contribution is 2.44. The summed E-state index contributed by atoms with van der Waals surface area (Å²) >= 11 is 0. The van der Waals surface area contributed by atoms with Crippen molar-refractivity contribution in [1.29, 1.82) is 0 Å². The molecule has 29 heteroatoms. The van der Waals surface area contributed by atoms with Gasteiger partial charge in [-0.1, -0.05) is 0 Å². The van der Waals surface area contributed by atoms with Crippen LogP contribution in [0.5, 0.6) is 46.0 Å². The summed E-state index contributed by atoms with van der Waals surface area (Å²) in [6.07, 6.45) is 1.95. The molecule has 74 heavy (non-hydrogen) atoms. The minimum Gasteiger partial charge on any atom is -0.493 e. The highest BCUT2D eigenvalue weighted by atomic mass is 31.2. The molecule has 6 heterocycles. The summed E-state index contributed by atoms with van der Waals surface area (Å²) in [4.78, 5) is 69.0. The maximum absolute atomic E-state index is 14.7. The molecular formula is C45H49F2N12O14P. The Balaban J connectivity index is 0.000000219. The van der Waals surface area contributed by atoms with Gasteiger partial charge in [0.1, 0.15) is 18.4 Å². The summed E-state index contributed by atoms with van der Waals surface area (Å²) in [5, 5.41) is 14.1. The van der Waals surface area contributed by atoms with E-state index in [-0.39, 0.29) is 58.5 Å². The zero-order valence-electron chi connectivity index (χ0n) is 41.1. The van der Waals surface area contributed by atoms with E-state index in [4.69, 9.17) is 47.7 Å². The Morgan fingerprint density at radius 1 is 0.635 bits per heavy atom. The monoisotopic (exact) mass is 1050 g/mol. The summed E-state index contributed by atoms with van der Waals surface area (Å²) in [7, 11) is 3.98. The van der Waals surface area contributed by atoms with Gasteiger partial charge in [-0.2, -0.15) is 9.97 Å². The highest BCUT2D eigenvalue weighted by molar-refractivity contribution is 7.46. The van der Waals surface area contributed by atoms with Crippen LogP contribution in [0.3, 0.4) is 0 Å². The fourth-order valence-corrected chi connectivity index (χ4v) is 7.14. The van der Waals surface area contributed by atoms with Crippen LogP contribution in [0.15, 0.2) is 60.9 Å². The molecule has 2 aliphatic heterocycles. The number of nitrogens with zero attached hydrogens (tertiary/aromatic N) is 7. The molecule has 0 saturated carbocycles. The van der Waals surface area contributed by atoms with Gasteiger partial charge in [-0.25, -0.2) is 33.3 Å². The van der Waals surface area contributed by atoms with Crippen molar-refractivity contribution in [2.24, 2.45) is 0 Å². The van der Waals surface area contributed by atoms with Gasteiger partial charge in [0.05, 0.1) is 55.1 Å². The van der Waals surface area contributed by atoms with E-state index in [1.807, 2.05) is 0 Å². The number of phosphoric acid groups is 1. The van der Waals surface area contributed by atoms with E-state index in [2.05, 4.69) is 61.0 Å². The number of fused-ring (bicyclic) bond motifs is 2. The van der Waals surface area contributed by atoms with Crippen LogP contribution >= 0.6 is 7.82 Å². The molecule has 0 atom stereocenters. The number of carbonyl (C=O) groups is 2. The zero-order chi connectivity index (χ0) is 53.7. The summed E-state index contributed by atoms with van der Waals surface area (Å²) in [5.41, 5.74) is -1.40. The Bertz CT molecular complexity index is 3100. The number of methoxy groups -OCH3 is 6. The maximum Gasteiger partial charge on any atom is 0.471 e. The second-order valence-corrected chi connectivity index (χ2v) is 17.6. The maximum atomic E-state index is 14.7. The minimum absolute atomic E-state index is 0.00747. The second-order valence-electron chi connectivity index (χ2n) is 16.3. The van der Waals surface area contributed by atoms with Crippen molar-refractivity contribution >= 4 is 77.8 Å². The molecular weight excluding hydrogens is 1000 g/mol. The number of amides is 2. The standard InChI is InChI=1S/C23H26FN6O9P.C22H23FN6O5/c1-23(2)21(31)30(11-38-40(32,33)34)20-14(39-23)6-7-17(28-20)27-19-13(24)10-25-22(29-19)26-12-8-15(35-3)18(37-5)16(9-12)36-4;1-22(2)20(30)28-19-13(34-22)6-7-16(27-19)26-18-12(23)10-24-21(29-18)25-11-8-14(31-3)17(33-5)15(9-11)32-4/h6-10H,11H2,1-5H3,(H2,32,33,34)(H2,25,26,27,28,29);6-10H,1-5H3,(H3,24,25,26,27,28,29,30). The molecule has 0 radical (unpaired) electrons. The third-order valence-corrected chi connectivity index (χ3v) is 10.9. The van der Waals surface area contributed by atoms with Crippen LogP contribution < -0.4 is 69.4 Å². The van der Waals surface area contributed by atoms with Gasteiger partial charge in [0, 0.05) is 35.6 Å². The lowest BCUT2D eigenvalue weighted by atomic mass is 10.1. The van der Waals surface area contributed by atoms with Crippen molar-refractivity contribution in [1.82, 2.24) is 29.9 Å². The number of phosphoric ester groups is 1. The third kappa shape index (κ3) is 12.0. The largest absolute Gasteiger partial charge is 0.493 e. The summed E-state index contributed by atoms with van der Waals surface area (Å²) in [6.45, 7) is 5.46. The lowest BCUT2D eigenvalue weighted by Gasteiger charge is -2.37. The Morgan fingerprint density at radius 2 is 1.08 bits per heavy atom. The predicted octanol–water partition coefficient (Wildman–Crippen LogP) is 6.73. The Hall–Kier alpha value is -8.59. The van der Waals surface area contributed by atoms with E-state index in [9.17, 15) is 22.9 Å². The number of carbonyl (C=O) groups excluding carboxylic acids is 2. The SMILES string of the molecule is COc1cc(Nc2ncc(F)c(Nc3ccc4c(n3)N(COP(=O)(O)O)C(=O)C(C)(C)O4)n2)cc(OC)c1OC.COc1cc(Nc2ncc(F)c(Nc3ccc4c(n3)NC(=O)C(C)(C)O4)n2)cc(OC)c1OC. The molecule has 0 aliphatic carbocycles. The number of hydrogen-bond donors (Lipinski definition) is 7. The van der Waals surface area contributed by atoms with E-state index >= 15 is 0 Å². The van der Waals surface area contributed by atoms with Crippen molar-refractivity contribution in [2.75, 3.05) is 80.9 Å². The van der Waals surface area contributed by atoms with Crippen LogP contribution in [-0.4, -0.2) is 112 Å². The van der Waals surface area contributed by atoms with Gasteiger partial charge in [0.25, 0.3) is 11.8 Å². The first-order valence-corrected chi connectivity index (χ1v) is 23.1. The molecule has 0 unspecified atom stereocenters. The Kier molecular flexibility index (Phi) is 15.6. The van der Waals surface area contributed by atoms with Crippen molar-refractivity contribution in [3.05, 3.63) is 72.6 Å². The van der Waals surface area contributed by atoms with Gasteiger partial charge in [0.15, 0.2) is 80.6 Å². The van der Waals surface area contributed by atoms with Crippen LogP contribution in [0.25, 0.3) is 0 Å². The average molecular weight is 1050 g/mol. The quantitative estimate of drug-likeness (QED) is 0.0466. The van der Waals surface area contributed by atoms with Gasteiger partial charge in [-0.15, -0.1) is 0 Å². The van der Waals surface area contributed by atoms with Crippen molar-refractivity contribution < 1.29 is 75.1 Å². The minimum atomic E-state index is -4.91. The molecule has 6 aromatic rings. The van der Waals surface area contributed by atoms with E-state index < -0.39 is 43.3 Å². The molecule has 2 aliphatic rings. The smallest absolute Gasteiger partial charge is 0.471 e. The molecule has 26 nitrogen and oxygen atoms in total. The second kappa shape index (κ2) is 21.6. The first-order valence-electron chi connectivity index (χ1n) is 21.6. The topological polar surface area (TPSA) is 315 Å². The third-order valence-electron chi connectivity index (χ3n) is 10.4. The number of nitrogens with one attached hydrogen (secondary N) is 5. The number of anilines is 10. The fraction of sp³-hybridized carbons (Fsp3) is 0.289. The molecule has 7 N–H and O–H groups in total. The van der Waals surface area contributed by atoms with Crippen molar-refractivity contribution in [2.45, 2.75) is 38.9 Å². The fourth-order valence-electron chi connectivity index (χ4n) is 6.88. The lowest BCUT2D eigenvalue weighted by Crippen LogP contribution is -2.53. The number of pyridine rings is 2. The van der Waals surface area contributed by atoms with Gasteiger partial charge < -0.3 is 74.3 Å². The lowest BCUT2D eigenvalue weighted by molar-refractivity contribution is -0.133. The van der Waals surface area contributed by atoms with Crippen LogP contribution in [0.1, 0.15) is 27.7 Å². The summed E-state index contributed by atoms with van der Waals surface area (Å²) < 4.78 is 88.2. The van der Waals surface area contributed by atoms with Gasteiger partial charge in [0.2, 0.25) is 23.4 Å². The highest BCUT2D eigenvalue weighted by Gasteiger charge is 2.43. The predicted molar refractivity (Wildman–Crippen MR) is 261 cm³/mol. The molecule has 2 aromatic carbocycles. The Labute approximate surface area is 420 Å². The molecule has 0 spiro atoms. The molecule has 8 rings (SSSR count). The van der Waals surface area contributed by atoms with Gasteiger partial charge in [-0.05, 0) is 52.0 Å². The van der Waals surface area contributed by atoms with Gasteiger partial charge >= 0.3 is 7.82 Å². The normalized spacial score (nSPS) is 14.0. The first kappa shape index (κ1) is 53.2. The van der Waals surface area contributed by atoms with E-state index in [1.54, 1.807) is 50.2 Å². The molecule has 0 fully saturated rings. The van der Waals surface area contributed by atoms with Crippen molar-refractivity contribution in [3.63, 3.8) is 0 Å². The first-order chi connectivity index (χ1) is 35.1. The van der Waals surface area contributed by atoms with Crippen LogP contribution in [0.2, 0.25) is 0 Å². The molecule has 4 aromatic heterocycles. The van der Waals surface area contributed by atoms with Gasteiger partial charge in [-0.3, -0.25) is 19.0 Å². The number of halogens is 2. The molecule has 2 amide bonds. The van der Waals surface area contributed by atoms with Crippen LogP contribution in [0, 0.1) is 11.6 Å².